The van der Waals surface area contributed by atoms with Gasteiger partial charge in [0.15, 0.2) is 0 Å². The Bertz CT molecular complexity index is 216. The van der Waals surface area contributed by atoms with Crippen LogP contribution < -0.4 is 0 Å². The zero-order valence-corrected chi connectivity index (χ0v) is 6.88. The van der Waals surface area contributed by atoms with E-state index in [0.717, 1.165) is 5.56 Å². The Balaban J connectivity index is 2.66. The van der Waals surface area contributed by atoms with Crippen LogP contribution in [0, 0.1) is 6.92 Å². The fourth-order valence-corrected chi connectivity index (χ4v) is 1.02. The number of aliphatic hydroxyl groups excluding tert-OH is 1. The van der Waals surface area contributed by atoms with Gasteiger partial charge in [-0.15, -0.1) is 0 Å². The van der Waals surface area contributed by atoms with Gasteiger partial charge in [0.1, 0.15) is 0 Å². The lowest BCUT2D eigenvalue weighted by Gasteiger charge is -2.02. The number of hydrogen-bond acceptors (Lipinski definition) is 1. The van der Waals surface area contributed by atoms with E-state index in [4.69, 9.17) is 16.7 Å². The summed E-state index contributed by atoms with van der Waals surface area (Å²) in [6.07, 6.45) is 0.0492. The van der Waals surface area contributed by atoms with Crippen LogP contribution in [0.4, 0.5) is 0 Å². The maximum absolute atomic E-state index is 8.93. The van der Waals surface area contributed by atoms with Crippen molar-refractivity contribution in [2.24, 2.45) is 0 Å². The predicted octanol–water partition coefficient (Wildman–Crippen LogP) is 2.08. The molecule has 0 amide bonds. The second kappa shape index (κ2) is 3.74. The molecule has 0 fully saturated rings. The molecule has 1 atom stereocenters. The van der Waals surface area contributed by atoms with Crippen LogP contribution in [0.2, 0.25) is 5.02 Å². The van der Waals surface area contributed by atoms with E-state index in [-0.39, 0.29) is 0 Å². The first kappa shape index (κ1) is 8.57. The molecule has 1 nitrogen and oxygen atoms in total. The molecule has 0 bridgehead atoms. The Morgan fingerprint density at radius 3 is 2.36 bits per heavy atom. The Hall–Kier alpha value is -0.530. The van der Waals surface area contributed by atoms with Crippen LogP contribution in [0.3, 0.4) is 0 Å². The number of halogens is 1. The Kier molecular flexibility index (Phi) is 2.92. The van der Waals surface area contributed by atoms with Gasteiger partial charge in [0.25, 0.3) is 0 Å². The average Bonchev–Trinajstić information content (AvgIpc) is 1.93. The van der Waals surface area contributed by atoms with Crippen LogP contribution in [0.25, 0.3) is 0 Å². The Morgan fingerprint density at radius 2 is 1.91 bits per heavy atom. The molecule has 0 unspecified atom stereocenters. The van der Waals surface area contributed by atoms with E-state index in [0.29, 0.717) is 11.4 Å². The standard InChI is InChI=1S/C9H10ClO/c1-7(11)6-8-2-4-9(10)5-3-8/h2-5,7,11H,1,6H2/t7-/m1/s1. The summed E-state index contributed by atoms with van der Waals surface area (Å²) in [5, 5.41) is 9.65. The predicted molar refractivity (Wildman–Crippen MR) is 46.5 cm³/mol. The van der Waals surface area contributed by atoms with Crippen LogP contribution >= 0.6 is 11.6 Å². The van der Waals surface area contributed by atoms with Gasteiger partial charge in [-0.3, -0.25) is 0 Å². The summed E-state index contributed by atoms with van der Waals surface area (Å²) in [5.74, 6) is 0. The van der Waals surface area contributed by atoms with Gasteiger partial charge in [-0.05, 0) is 31.0 Å². The number of hydrogen-bond donors (Lipinski definition) is 1. The van der Waals surface area contributed by atoms with Crippen LogP contribution in [0.5, 0.6) is 0 Å². The molecule has 1 aromatic carbocycles. The Morgan fingerprint density at radius 1 is 1.36 bits per heavy atom. The van der Waals surface area contributed by atoms with Crippen molar-refractivity contribution in [3.05, 3.63) is 41.8 Å². The third kappa shape index (κ3) is 2.91. The number of benzene rings is 1. The zero-order valence-electron chi connectivity index (χ0n) is 6.13. The van der Waals surface area contributed by atoms with Crippen molar-refractivity contribution in [3.8, 4) is 0 Å². The van der Waals surface area contributed by atoms with Crippen molar-refractivity contribution in [1.82, 2.24) is 0 Å². The molecule has 11 heavy (non-hydrogen) atoms. The van der Waals surface area contributed by atoms with Crippen LogP contribution in [0.15, 0.2) is 24.3 Å². The largest absolute Gasteiger partial charge is 0.393 e. The lowest BCUT2D eigenvalue weighted by Crippen LogP contribution is -2.03. The number of rotatable bonds is 2. The minimum Gasteiger partial charge on any atom is -0.393 e. The average molecular weight is 170 g/mol. The summed E-state index contributed by atoms with van der Waals surface area (Å²) in [5.41, 5.74) is 1.05. The molecule has 1 aromatic rings. The minimum absolute atomic E-state index is 0.531. The maximum Gasteiger partial charge on any atom is 0.0581 e. The monoisotopic (exact) mass is 169 g/mol. The maximum atomic E-state index is 8.93. The molecule has 1 rings (SSSR count). The molecule has 0 saturated carbocycles. The number of aliphatic hydroxyl groups is 1. The van der Waals surface area contributed by atoms with Crippen molar-refractivity contribution < 1.29 is 5.11 Å². The van der Waals surface area contributed by atoms with Crippen molar-refractivity contribution in [3.63, 3.8) is 0 Å². The summed E-state index contributed by atoms with van der Waals surface area (Å²) in [7, 11) is 0. The molecule has 0 spiro atoms. The SMILES string of the molecule is [CH2][C@@H](O)Cc1ccc(Cl)cc1. The summed E-state index contributed by atoms with van der Waals surface area (Å²) in [6.45, 7) is 3.48. The van der Waals surface area contributed by atoms with Gasteiger partial charge in [0.05, 0.1) is 6.10 Å². The zero-order chi connectivity index (χ0) is 8.27. The van der Waals surface area contributed by atoms with E-state index in [2.05, 4.69) is 6.92 Å². The Labute approximate surface area is 71.6 Å². The fourth-order valence-electron chi connectivity index (χ4n) is 0.893. The third-order valence-corrected chi connectivity index (χ3v) is 1.64. The molecule has 0 aliphatic carbocycles. The van der Waals surface area contributed by atoms with Crippen LogP contribution in [-0.2, 0) is 6.42 Å². The molecule has 59 valence electrons. The topological polar surface area (TPSA) is 20.2 Å². The van der Waals surface area contributed by atoms with Gasteiger partial charge < -0.3 is 5.11 Å². The molecule has 0 aromatic heterocycles. The first-order valence-corrected chi connectivity index (χ1v) is 3.82. The molecule has 1 N–H and O–H groups in total. The normalized spacial score (nSPS) is 13.0. The molecular weight excluding hydrogens is 160 g/mol. The molecule has 0 aliphatic heterocycles. The van der Waals surface area contributed by atoms with Crippen molar-refractivity contribution >= 4 is 11.6 Å². The molecule has 1 radical (unpaired) electrons. The second-order valence-electron chi connectivity index (χ2n) is 2.48. The summed E-state index contributed by atoms with van der Waals surface area (Å²) in [6, 6.07) is 7.38. The quantitative estimate of drug-likeness (QED) is 0.719. The smallest absolute Gasteiger partial charge is 0.0581 e. The highest BCUT2D eigenvalue weighted by atomic mass is 35.5. The van der Waals surface area contributed by atoms with E-state index in [1.165, 1.54) is 0 Å². The van der Waals surface area contributed by atoms with E-state index >= 15 is 0 Å². The van der Waals surface area contributed by atoms with Gasteiger partial charge in [0.2, 0.25) is 0 Å². The highest BCUT2D eigenvalue weighted by Gasteiger charge is 1.97. The van der Waals surface area contributed by atoms with Crippen molar-refractivity contribution in [1.29, 1.82) is 0 Å². The third-order valence-electron chi connectivity index (χ3n) is 1.38. The lowest BCUT2D eigenvalue weighted by atomic mass is 10.1. The van der Waals surface area contributed by atoms with E-state index < -0.39 is 6.10 Å². The molecule has 0 heterocycles. The first-order chi connectivity index (χ1) is 5.18. The fraction of sp³-hybridized carbons (Fsp3) is 0.222. The van der Waals surface area contributed by atoms with Crippen LogP contribution in [-0.4, -0.2) is 11.2 Å². The van der Waals surface area contributed by atoms with Gasteiger partial charge in [-0.2, -0.15) is 0 Å². The van der Waals surface area contributed by atoms with Gasteiger partial charge in [0, 0.05) is 5.02 Å². The minimum atomic E-state index is -0.531. The van der Waals surface area contributed by atoms with Crippen LogP contribution in [0.1, 0.15) is 5.56 Å². The second-order valence-corrected chi connectivity index (χ2v) is 2.92. The lowest BCUT2D eigenvalue weighted by molar-refractivity contribution is 0.221. The first-order valence-electron chi connectivity index (χ1n) is 3.44. The van der Waals surface area contributed by atoms with Crippen molar-refractivity contribution in [2.75, 3.05) is 0 Å². The highest BCUT2D eigenvalue weighted by Crippen LogP contribution is 2.10. The van der Waals surface area contributed by atoms with E-state index in [1.54, 1.807) is 12.1 Å². The van der Waals surface area contributed by atoms with Gasteiger partial charge in [-0.1, -0.05) is 23.7 Å². The van der Waals surface area contributed by atoms with Gasteiger partial charge >= 0.3 is 0 Å². The van der Waals surface area contributed by atoms with E-state index in [1.807, 2.05) is 12.1 Å². The van der Waals surface area contributed by atoms with E-state index in [9.17, 15) is 0 Å². The van der Waals surface area contributed by atoms with Gasteiger partial charge in [-0.25, -0.2) is 0 Å². The molecular formula is C9H10ClO. The highest BCUT2D eigenvalue weighted by molar-refractivity contribution is 6.30. The molecule has 0 saturated heterocycles. The summed E-state index contributed by atoms with van der Waals surface area (Å²) in [4.78, 5) is 0. The summed E-state index contributed by atoms with van der Waals surface area (Å²) < 4.78 is 0. The molecule has 0 aliphatic rings. The van der Waals surface area contributed by atoms with Crippen molar-refractivity contribution in [2.45, 2.75) is 12.5 Å². The summed E-state index contributed by atoms with van der Waals surface area (Å²) >= 11 is 5.67. The molecule has 2 heteroatoms.